The summed E-state index contributed by atoms with van der Waals surface area (Å²) in [6.45, 7) is -6.28. The predicted octanol–water partition coefficient (Wildman–Crippen LogP) is 3.35. The highest BCUT2D eigenvalue weighted by Gasteiger charge is 2.26. The molecule has 1 fully saturated rings. The number of benzene rings is 1. The van der Waals surface area contributed by atoms with Gasteiger partial charge in [0.2, 0.25) is 5.91 Å². The molecule has 0 unspecified atom stereocenters. The molecule has 0 radical (unpaired) electrons. The molecular weight excluding hydrogens is 332 g/mol. The maximum absolute atomic E-state index is 12.5. The van der Waals surface area contributed by atoms with Gasteiger partial charge in [0.05, 0.1) is 5.69 Å². The number of hydrogen-bond acceptors (Lipinski definition) is 4. The smallest absolute Gasteiger partial charge is 0.387 e. The average molecular weight is 350 g/mol. The van der Waals surface area contributed by atoms with E-state index in [2.05, 4.69) is 14.8 Å². The van der Waals surface area contributed by atoms with Gasteiger partial charge in [-0.25, -0.2) is 0 Å². The van der Waals surface area contributed by atoms with Gasteiger partial charge in [-0.3, -0.25) is 4.79 Å². The van der Waals surface area contributed by atoms with E-state index < -0.39 is 24.9 Å². The zero-order valence-corrected chi connectivity index (χ0v) is 12.7. The normalized spacial score (nSPS) is 20.5. The van der Waals surface area contributed by atoms with Crippen molar-refractivity contribution in [2.45, 2.75) is 44.9 Å². The van der Waals surface area contributed by atoms with Gasteiger partial charge in [0.1, 0.15) is 5.75 Å². The van der Waals surface area contributed by atoms with Crippen LogP contribution in [0, 0.1) is 5.92 Å². The molecule has 1 aliphatic carbocycles. The number of halogens is 4. The molecular formula is C15H18F4N2O3. The van der Waals surface area contributed by atoms with E-state index in [0.717, 1.165) is 31.4 Å². The van der Waals surface area contributed by atoms with Gasteiger partial charge in [-0.1, -0.05) is 6.42 Å². The topological polar surface area (TPSA) is 73.6 Å². The molecule has 134 valence electrons. The van der Waals surface area contributed by atoms with Gasteiger partial charge in [-0.2, -0.15) is 17.6 Å². The molecule has 0 saturated heterocycles. The summed E-state index contributed by atoms with van der Waals surface area (Å²) in [5.74, 6) is -1.17. The molecule has 0 heterocycles. The second kappa shape index (κ2) is 8.18. The fourth-order valence-corrected chi connectivity index (χ4v) is 2.73. The first-order valence-electron chi connectivity index (χ1n) is 7.44. The summed E-state index contributed by atoms with van der Waals surface area (Å²) in [7, 11) is 0. The van der Waals surface area contributed by atoms with Crippen LogP contribution in [0.4, 0.5) is 23.2 Å². The standard InChI is InChI=1S/C15H18F4N2O3/c16-14(17)23-9-4-5-11(12(7-9)24-15(18)19)21-13(22)6-8-2-1-3-10(8)20/h4-5,7-8,10,14-15H,1-3,6,20H2,(H,21,22)/t8-,10+/m0/s1. The molecule has 5 nitrogen and oxygen atoms in total. The van der Waals surface area contributed by atoms with E-state index in [1.807, 2.05) is 0 Å². The van der Waals surface area contributed by atoms with E-state index in [-0.39, 0.29) is 29.8 Å². The lowest BCUT2D eigenvalue weighted by molar-refractivity contribution is -0.117. The third-order valence-corrected chi connectivity index (χ3v) is 3.83. The number of carbonyl (C=O) groups excluding carboxylic acids is 1. The van der Waals surface area contributed by atoms with Gasteiger partial charge in [-0.05, 0) is 30.9 Å². The fourth-order valence-electron chi connectivity index (χ4n) is 2.73. The molecule has 0 spiro atoms. The van der Waals surface area contributed by atoms with E-state index >= 15 is 0 Å². The SMILES string of the molecule is N[C@@H]1CCC[C@H]1CC(=O)Nc1ccc(OC(F)F)cc1OC(F)F. The molecule has 1 amide bonds. The maximum Gasteiger partial charge on any atom is 0.387 e. The number of nitrogens with two attached hydrogens (primary N) is 1. The third-order valence-electron chi connectivity index (χ3n) is 3.83. The Hall–Kier alpha value is -2.03. The predicted molar refractivity (Wildman–Crippen MR) is 78.3 cm³/mol. The van der Waals surface area contributed by atoms with Gasteiger partial charge in [0.15, 0.2) is 5.75 Å². The molecule has 24 heavy (non-hydrogen) atoms. The molecule has 1 aliphatic rings. The van der Waals surface area contributed by atoms with Gasteiger partial charge < -0.3 is 20.5 Å². The van der Waals surface area contributed by atoms with Crippen molar-refractivity contribution in [2.24, 2.45) is 11.7 Å². The van der Waals surface area contributed by atoms with Gasteiger partial charge in [0, 0.05) is 18.5 Å². The number of amides is 1. The first-order valence-corrected chi connectivity index (χ1v) is 7.44. The summed E-state index contributed by atoms with van der Waals surface area (Å²) < 4.78 is 57.7. The van der Waals surface area contributed by atoms with Crippen LogP contribution in [0.25, 0.3) is 0 Å². The highest BCUT2D eigenvalue weighted by Crippen LogP contribution is 2.32. The highest BCUT2D eigenvalue weighted by molar-refractivity contribution is 5.92. The first kappa shape index (κ1) is 18.3. The monoisotopic (exact) mass is 350 g/mol. The van der Waals surface area contributed by atoms with E-state index in [1.165, 1.54) is 6.07 Å². The van der Waals surface area contributed by atoms with Crippen LogP contribution in [0.15, 0.2) is 18.2 Å². The van der Waals surface area contributed by atoms with E-state index in [9.17, 15) is 22.4 Å². The molecule has 0 bridgehead atoms. The Kier molecular flexibility index (Phi) is 6.24. The largest absolute Gasteiger partial charge is 0.435 e. The molecule has 2 rings (SSSR count). The molecule has 1 saturated carbocycles. The number of alkyl halides is 4. The lowest BCUT2D eigenvalue weighted by Gasteiger charge is -2.17. The van der Waals surface area contributed by atoms with Crippen molar-refractivity contribution in [1.82, 2.24) is 0 Å². The summed E-state index contributed by atoms with van der Waals surface area (Å²) in [5.41, 5.74) is 5.84. The van der Waals surface area contributed by atoms with Crippen LogP contribution in [0.2, 0.25) is 0 Å². The number of rotatable bonds is 7. The Labute approximate surface area is 136 Å². The molecule has 0 aromatic heterocycles. The summed E-state index contributed by atoms with van der Waals surface area (Å²) in [6.07, 6.45) is 2.77. The maximum atomic E-state index is 12.5. The Morgan fingerprint density at radius 1 is 1.21 bits per heavy atom. The minimum Gasteiger partial charge on any atom is -0.435 e. The van der Waals surface area contributed by atoms with Crippen molar-refractivity contribution in [3.63, 3.8) is 0 Å². The Balaban J connectivity index is 2.07. The van der Waals surface area contributed by atoms with Crippen LogP contribution in [0.5, 0.6) is 11.5 Å². The minimum absolute atomic E-state index is 0.0332. The van der Waals surface area contributed by atoms with Crippen molar-refractivity contribution in [3.05, 3.63) is 18.2 Å². The van der Waals surface area contributed by atoms with Crippen molar-refractivity contribution in [3.8, 4) is 11.5 Å². The number of anilines is 1. The zero-order chi connectivity index (χ0) is 17.7. The minimum atomic E-state index is -3.18. The molecule has 9 heteroatoms. The van der Waals surface area contributed by atoms with E-state index in [0.29, 0.717) is 0 Å². The van der Waals surface area contributed by atoms with Crippen molar-refractivity contribution in [2.75, 3.05) is 5.32 Å². The fraction of sp³-hybridized carbons (Fsp3) is 0.533. The van der Waals surface area contributed by atoms with Crippen LogP contribution >= 0.6 is 0 Å². The van der Waals surface area contributed by atoms with E-state index in [4.69, 9.17) is 5.73 Å². The van der Waals surface area contributed by atoms with Crippen LogP contribution in [0.1, 0.15) is 25.7 Å². The number of nitrogens with one attached hydrogen (secondary N) is 1. The summed E-state index contributed by atoms with van der Waals surface area (Å²) in [5, 5.41) is 2.45. The Bertz CT molecular complexity index is 572. The van der Waals surface area contributed by atoms with E-state index in [1.54, 1.807) is 0 Å². The second-order valence-corrected chi connectivity index (χ2v) is 5.52. The Morgan fingerprint density at radius 3 is 2.50 bits per heavy atom. The number of carbonyl (C=O) groups is 1. The molecule has 0 aliphatic heterocycles. The van der Waals surface area contributed by atoms with Crippen molar-refractivity contribution in [1.29, 1.82) is 0 Å². The Morgan fingerprint density at radius 2 is 1.92 bits per heavy atom. The van der Waals surface area contributed by atoms with Crippen LogP contribution in [-0.4, -0.2) is 25.2 Å². The summed E-state index contributed by atoms with van der Waals surface area (Å²) >= 11 is 0. The van der Waals surface area contributed by atoms with Crippen LogP contribution < -0.4 is 20.5 Å². The van der Waals surface area contributed by atoms with Crippen LogP contribution in [-0.2, 0) is 4.79 Å². The first-order chi connectivity index (χ1) is 11.3. The van der Waals surface area contributed by atoms with Gasteiger partial charge in [-0.15, -0.1) is 0 Å². The lowest BCUT2D eigenvalue weighted by Crippen LogP contribution is -2.28. The van der Waals surface area contributed by atoms with Gasteiger partial charge >= 0.3 is 13.2 Å². The number of hydrogen-bond donors (Lipinski definition) is 2. The molecule has 1 aromatic rings. The van der Waals surface area contributed by atoms with Crippen LogP contribution in [0.3, 0.4) is 0 Å². The van der Waals surface area contributed by atoms with Gasteiger partial charge in [0.25, 0.3) is 0 Å². The second-order valence-electron chi connectivity index (χ2n) is 5.52. The summed E-state index contributed by atoms with van der Waals surface area (Å²) in [4.78, 5) is 12.1. The number of ether oxygens (including phenoxy) is 2. The third kappa shape index (κ3) is 5.26. The molecule has 2 atom stereocenters. The quantitative estimate of drug-likeness (QED) is 0.740. The average Bonchev–Trinajstić information content (AvgIpc) is 2.86. The van der Waals surface area contributed by atoms with Crippen molar-refractivity contribution < 1.29 is 31.8 Å². The summed E-state index contributed by atoms with van der Waals surface area (Å²) in [6, 6.07) is 3.10. The highest BCUT2D eigenvalue weighted by atomic mass is 19.3. The zero-order valence-electron chi connectivity index (χ0n) is 12.7. The lowest BCUT2D eigenvalue weighted by atomic mass is 10.00. The molecule has 1 aromatic carbocycles. The van der Waals surface area contributed by atoms with Crippen molar-refractivity contribution >= 4 is 11.6 Å². The molecule has 3 N–H and O–H groups in total.